The van der Waals surface area contributed by atoms with Gasteiger partial charge < -0.3 is 19.3 Å². The Morgan fingerprint density at radius 3 is 2.70 bits per heavy atom. The third kappa shape index (κ3) is 3.49. The summed E-state index contributed by atoms with van der Waals surface area (Å²) in [6.07, 6.45) is 0. The van der Waals surface area contributed by atoms with Gasteiger partial charge in [-0.15, -0.1) is 0 Å². The van der Waals surface area contributed by atoms with Crippen LogP contribution in [-0.2, 0) is 4.74 Å². The van der Waals surface area contributed by atoms with Crippen LogP contribution < -0.4 is 4.74 Å². The summed E-state index contributed by atoms with van der Waals surface area (Å²) in [7, 11) is 5.63. The van der Waals surface area contributed by atoms with Gasteiger partial charge >= 0.3 is 0 Å². The quantitative estimate of drug-likeness (QED) is 0.827. The fourth-order valence-electron chi connectivity index (χ4n) is 2.39. The molecular weight excluding hydrogens is 256 g/mol. The second-order valence-corrected chi connectivity index (χ2v) is 5.22. The van der Waals surface area contributed by atoms with Crippen molar-refractivity contribution in [3.63, 3.8) is 0 Å². The highest BCUT2D eigenvalue weighted by molar-refractivity contribution is 5.94. The topological polar surface area (TPSA) is 42.0 Å². The van der Waals surface area contributed by atoms with Crippen LogP contribution in [0.15, 0.2) is 24.3 Å². The first-order chi connectivity index (χ1) is 9.61. The summed E-state index contributed by atoms with van der Waals surface area (Å²) >= 11 is 0. The predicted molar refractivity (Wildman–Crippen MR) is 77.2 cm³/mol. The SMILES string of the molecule is COc1ccc(C(=O)N2CCOCC2CN(C)C)cc1. The number of benzene rings is 1. The second kappa shape index (κ2) is 6.72. The van der Waals surface area contributed by atoms with Gasteiger partial charge in [0.25, 0.3) is 5.91 Å². The van der Waals surface area contributed by atoms with Crippen molar-refractivity contribution >= 4 is 5.91 Å². The molecule has 1 aromatic carbocycles. The lowest BCUT2D eigenvalue weighted by atomic mass is 10.1. The molecule has 1 heterocycles. The highest BCUT2D eigenvalue weighted by Crippen LogP contribution is 2.16. The van der Waals surface area contributed by atoms with Crippen LogP contribution in [0.5, 0.6) is 5.75 Å². The Morgan fingerprint density at radius 1 is 1.40 bits per heavy atom. The number of methoxy groups -OCH3 is 1. The number of hydrogen-bond acceptors (Lipinski definition) is 4. The van der Waals surface area contributed by atoms with E-state index < -0.39 is 0 Å². The van der Waals surface area contributed by atoms with Gasteiger partial charge in [-0.3, -0.25) is 4.79 Å². The van der Waals surface area contributed by atoms with Gasteiger partial charge in [-0.2, -0.15) is 0 Å². The molecule has 1 unspecified atom stereocenters. The second-order valence-electron chi connectivity index (χ2n) is 5.22. The maximum atomic E-state index is 12.6. The highest BCUT2D eigenvalue weighted by atomic mass is 16.5. The largest absolute Gasteiger partial charge is 0.497 e. The first-order valence-corrected chi connectivity index (χ1v) is 6.79. The Morgan fingerprint density at radius 2 is 2.10 bits per heavy atom. The number of carbonyl (C=O) groups is 1. The number of morpholine rings is 1. The smallest absolute Gasteiger partial charge is 0.254 e. The summed E-state index contributed by atoms with van der Waals surface area (Å²) in [6, 6.07) is 7.35. The van der Waals surface area contributed by atoms with E-state index >= 15 is 0 Å². The van der Waals surface area contributed by atoms with Gasteiger partial charge in [-0.05, 0) is 38.4 Å². The normalized spacial score (nSPS) is 19.2. The van der Waals surface area contributed by atoms with Crippen molar-refractivity contribution in [1.82, 2.24) is 9.80 Å². The fraction of sp³-hybridized carbons (Fsp3) is 0.533. The van der Waals surface area contributed by atoms with Crippen molar-refractivity contribution in [2.24, 2.45) is 0 Å². The molecule has 1 aliphatic heterocycles. The minimum Gasteiger partial charge on any atom is -0.497 e. The minimum atomic E-state index is 0.0582. The van der Waals surface area contributed by atoms with E-state index in [2.05, 4.69) is 4.90 Å². The number of likely N-dealkylation sites (N-methyl/N-ethyl adjacent to an activating group) is 1. The fourth-order valence-corrected chi connectivity index (χ4v) is 2.39. The Kier molecular flexibility index (Phi) is 4.98. The average Bonchev–Trinajstić information content (AvgIpc) is 2.46. The molecule has 0 aromatic heterocycles. The Labute approximate surface area is 120 Å². The van der Waals surface area contributed by atoms with Crippen LogP contribution in [0, 0.1) is 0 Å². The van der Waals surface area contributed by atoms with E-state index in [9.17, 15) is 4.79 Å². The van der Waals surface area contributed by atoms with Crippen molar-refractivity contribution in [1.29, 1.82) is 0 Å². The van der Waals surface area contributed by atoms with Crippen molar-refractivity contribution in [3.05, 3.63) is 29.8 Å². The summed E-state index contributed by atoms with van der Waals surface area (Å²) < 4.78 is 10.6. The molecule has 1 atom stereocenters. The van der Waals surface area contributed by atoms with Gasteiger partial charge in [0.15, 0.2) is 0 Å². The van der Waals surface area contributed by atoms with E-state index in [0.717, 1.165) is 12.3 Å². The van der Waals surface area contributed by atoms with E-state index in [-0.39, 0.29) is 11.9 Å². The molecule has 0 bridgehead atoms. The molecule has 1 aromatic rings. The number of carbonyl (C=O) groups excluding carboxylic acids is 1. The predicted octanol–water partition coefficient (Wildman–Crippen LogP) is 1.10. The lowest BCUT2D eigenvalue weighted by molar-refractivity contribution is -0.00830. The zero-order chi connectivity index (χ0) is 14.5. The average molecular weight is 278 g/mol. The molecule has 5 heteroatoms. The van der Waals surface area contributed by atoms with Crippen LogP contribution in [0.1, 0.15) is 10.4 Å². The third-order valence-corrected chi connectivity index (χ3v) is 3.40. The number of ether oxygens (including phenoxy) is 2. The van der Waals surface area contributed by atoms with Crippen LogP contribution in [0.25, 0.3) is 0 Å². The van der Waals surface area contributed by atoms with Crippen molar-refractivity contribution < 1.29 is 14.3 Å². The molecule has 0 aliphatic carbocycles. The van der Waals surface area contributed by atoms with Gasteiger partial charge in [0.2, 0.25) is 0 Å². The molecule has 1 fully saturated rings. The zero-order valence-corrected chi connectivity index (χ0v) is 12.3. The minimum absolute atomic E-state index is 0.0582. The van der Waals surface area contributed by atoms with Gasteiger partial charge in [0.1, 0.15) is 5.75 Å². The van der Waals surface area contributed by atoms with E-state index in [0.29, 0.717) is 25.3 Å². The lowest BCUT2D eigenvalue weighted by Crippen LogP contribution is -2.52. The first-order valence-electron chi connectivity index (χ1n) is 6.79. The zero-order valence-electron chi connectivity index (χ0n) is 12.3. The standard InChI is InChI=1S/C15H22N2O3/c1-16(2)10-13-11-20-9-8-17(13)15(18)12-4-6-14(19-3)7-5-12/h4-7,13H,8-11H2,1-3H3. The van der Waals surface area contributed by atoms with Gasteiger partial charge in [-0.1, -0.05) is 0 Å². The first kappa shape index (κ1) is 14.8. The molecule has 2 rings (SSSR count). The maximum Gasteiger partial charge on any atom is 0.254 e. The lowest BCUT2D eigenvalue weighted by Gasteiger charge is -2.37. The van der Waals surface area contributed by atoms with Gasteiger partial charge in [0.05, 0.1) is 26.4 Å². The number of nitrogens with zero attached hydrogens (tertiary/aromatic N) is 2. The van der Waals surface area contributed by atoms with E-state index in [1.807, 2.05) is 43.3 Å². The van der Waals surface area contributed by atoms with Crippen molar-refractivity contribution in [3.8, 4) is 5.75 Å². The summed E-state index contributed by atoms with van der Waals surface area (Å²) in [5.41, 5.74) is 0.691. The van der Waals surface area contributed by atoms with Crippen LogP contribution in [-0.4, -0.2) is 69.3 Å². The van der Waals surface area contributed by atoms with Crippen LogP contribution in [0.3, 0.4) is 0 Å². The van der Waals surface area contributed by atoms with E-state index in [4.69, 9.17) is 9.47 Å². The van der Waals surface area contributed by atoms with Crippen LogP contribution in [0.2, 0.25) is 0 Å². The van der Waals surface area contributed by atoms with Crippen LogP contribution in [0.4, 0.5) is 0 Å². The highest BCUT2D eigenvalue weighted by Gasteiger charge is 2.28. The molecule has 5 nitrogen and oxygen atoms in total. The summed E-state index contributed by atoms with van der Waals surface area (Å²) in [5.74, 6) is 0.816. The maximum absolute atomic E-state index is 12.6. The summed E-state index contributed by atoms with van der Waals surface area (Å²) in [6.45, 7) is 2.65. The van der Waals surface area contributed by atoms with Gasteiger partial charge in [-0.25, -0.2) is 0 Å². The molecule has 0 N–H and O–H groups in total. The van der Waals surface area contributed by atoms with E-state index in [1.165, 1.54) is 0 Å². The molecular formula is C15H22N2O3. The Balaban J connectivity index is 2.11. The number of rotatable bonds is 4. The third-order valence-electron chi connectivity index (χ3n) is 3.40. The monoisotopic (exact) mass is 278 g/mol. The molecule has 0 saturated carbocycles. The van der Waals surface area contributed by atoms with Crippen LogP contribution >= 0.6 is 0 Å². The molecule has 20 heavy (non-hydrogen) atoms. The molecule has 110 valence electrons. The molecule has 0 radical (unpaired) electrons. The van der Waals surface area contributed by atoms with Crippen molar-refractivity contribution in [2.75, 3.05) is 47.5 Å². The molecule has 0 spiro atoms. The number of amides is 1. The number of hydrogen-bond donors (Lipinski definition) is 0. The molecule has 1 aliphatic rings. The van der Waals surface area contributed by atoms with E-state index in [1.54, 1.807) is 7.11 Å². The van der Waals surface area contributed by atoms with Gasteiger partial charge in [0, 0.05) is 18.7 Å². The Bertz CT molecular complexity index is 445. The molecule has 1 amide bonds. The summed E-state index contributed by atoms with van der Waals surface area (Å²) in [5, 5.41) is 0. The Hall–Kier alpha value is -1.59. The van der Waals surface area contributed by atoms with Crippen molar-refractivity contribution in [2.45, 2.75) is 6.04 Å². The summed E-state index contributed by atoms with van der Waals surface area (Å²) in [4.78, 5) is 16.6. The molecule has 1 saturated heterocycles.